The van der Waals surface area contributed by atoms with Crippen LogP contribution in [0.2, 0.25) is 0 Å². The van der Waals surface area contributed by atoms with Gasteiger partial charge in [-0.2, -0.15) is 0 Å². The SMILES string of the molecule is CCOc1ccc(C(=O)N2CCC(NC(=O)N[C@H](CC(C)C)c3nc4ccccc4[nH]3)CC2)cc1. The fraction of sp³-hybridized carbons (Fsp3) is 0.444. The number of piperidine rings is 1. The number of hydrogen-bond donors (Lipinski definition) is 3. The Morgan fingerprint density at radius 2 is 1.83 bits per heavy atom. The van der Waals surface area contributed by atoms with Gasteiger partial charge < -0.3 is 25.3 Å². The first-order valence-corrected chi connectivity index (χ1v) is 12.5. The number of nitrogens with one attached hydrogen (secondary N) is 3. The summed E-state index contributed by atoms with van der Waals surface area (Å²) in [6, 6.07) is 14.7. The summed E-state index contributed by atoms with van der Waals surface area (Å²) in [5.74, 6) is 1.94. The Bertz CT molecular complexity index is 1100. The van der Waals surface area contributed by atoms with E-state index in [9.17, 15) is 9.59 Å². The quantitative estimate of drug-likeness (QED) is 0.440. The lowest BCUT2D eigenvalue weighted by atomic mass is 10.0. The van der Waals surface area contributed by atoms with Gasteiger partial charge in [-0.15, -0.1) is 0 Å². The summed E-state index contributed by atoms with van der Waals surface area (Å²) in [4.78, 5) is 35.6. The van der Waals surface area contributed by atoms with Crippen molar-refractivity contribution in [2.45, 2.75) is 52.1 Å². The van der Waals surface area contributed by atoms with Crippen LogP contribution in [0.25, 0.3) is 11.0 Å². The summed E-state index contributed by atoms with van der Waals surface area (Å²) >= 11 is 0. The Labute approximate surface area is 206 Å². The molecule has 8 heteroatoms. The van der Waals surface area contributed by atoms with Crippen molar-refractivity contribution >= 4 is 23.0 Å². The van der Waals surface area contributed by atoms with E-state index in [0.717, 1.165) is 41.9 Å². The molecule has 35 heavy (non-hydrogen) atoms. The molecular weight excluding hydrogens is 442 g/mol. The molecule has 0 radical (unpaired) electrons. The molecule has 0 bridgehead atoms. The molecule has 3 amide bonds. The highest BCUT2D eigenvalue weighted by molar-refractivity contribution is 5.94. The number of benzene rings is 2. The predicted molar refractivity (Wildman–Crippen MR) is 136 cm³/mol. The number of carbonyl (C=O) groups is 2. The number of carbonyl (C=O) groups excluding carboxylic acids is 2. The molecule has 0 unspecified atom stereocenters. The smallest absolute Gasteiger partial charge is 0.315 e. The molecule has 1 fully saturated rings. The molecule has 2 aromatic carbocycles. The second kappa shape index (κ2) is 11.3. The Morgan fingerprint density at radius 3 is 2.49 bits per heavy atom. The lowest BCUT2D eigenvalue weighted by molar-refractivity contribution is 0.0708. The van der Waals surface area contributed by atoms with Crippen LogP contribution >= 0.6 is 0 Å². The van der Waals surface area contributed by atoms with Gasteiger partial charge in [0.25, 0.3) is 5.91 Å². The molecule has 186 valence electrons. The Hall–Kier alpha value is -3.55. The molecule has 1 aliphatic rings. The fourth-order valence-corrected chi connectivity index (χ4v) is 4.50. The van der Waals surface area contributed by atoms with Crippen molar-refractivity contribution in [1.82, 2.24) is 25.5 Å². The molecule has 1 atom stereocenters. The predicted octanol–water partition coefficient (Wildman–Crippen LogP) is 4.65. The number of nitrogens with zero attached hydrogens (tertiary/aromatic N) is 2. The molecule has 0 spiro atoms. The first-order chi connectivity index (χ1) is 16.9. The number of hydrogen-bond acceptors (Lipinski definition) is 4. The molecule has 1 aromatic heterocycles. The largest absolute Gasteiger partial charge is 0.494 e. The van der Waals surface area contributed by atoms with Crippen LogP contribution in [0.3, 0.4) is 0 Å². The maximum atomic E-state index is 12.9. The minimum absolute atomic E-state index is 0.0119. The van der Waals surface area contributed by atoms with E-state index in [2.05, 4.69) is 34.4 Å². The van der Waals surface area contributed by atoms with Crippen molar-refractivity contribution in [2.24, 2.45) is 5.92 Å². The third-order valence-corrected chi connectivity index (χ3v) is 6.28. The third-order valence-electron chi connectivity index (χ3n) is 6.28. The summed E-state index contributed by atoms with van der Waals surface area (Å²) in [6.45, 7) is 8.00. The van der Waals surface area contributed by atoms with Gasteiger partial charge >= 0.3 is 6.03 Å². The summed E-state index contributed by atoms with van der Waals surface area (Å²) in [6.07, 6.45) is 2.22. The van der Waals surface area contributed by atoms with Crippen LogP contribution in [0.15, 0.2) is 48.5 Å². The number of fused-ring (bicyclic) bond motifs is 1. The van der Waals surface area contributed by atoms with Crippen LogP contribution in [0.5, 0.6) is 5.75 Å². The van der Waals surface area contributed by atoms with Crippen LogP contribution < -0.4 is 15.4 Å². The minimum atomic E-state index is -0.205. The average molecular weight is 478 g/mol. The highest BCUT2D eigenvalue weighted by atomic mass is 16.5. The number of rotatable bonds is 8. The van der Waals surface area contributed by atoms with Crippen molar-refractivity contribution in [3.8, 4) is 5.75 Å². The number of H-pyrrole nitrogens is 1. The number of urea groups is 1. The summed E-state index contributed by atoms with van der Waals surface area (Å²) < 4.78 is 5.45. The summed E-state index contributed by atoms with van der Waals surface area (Å²) in [5, 5.41) is 6.21. The van der Waals surface area contributed by atoms with Crippen molar-refractivity contribution in [2.75, 3.05) is 19.7 Å². The number of aromatic amines is 1. The highest BCUT2D eigenvalue weighted by Gasteiger charge is 2.26. The summed E-state index contributed by atoms with van der Waals surface area (Å²) in [5.41, 5.74) is 2.51. The number of aromatic nitrogens is 2. The molecule has 3 aromatic rings. The van der Waals surface area contributed by atoms with Gasteiger partial charge in [0.15, 0.2) is 0 Å². The van der Waals surface area contributed by atoms with E-state index < -0.39 is 0 Å². The first-order valence-electron chi connectivity index (χ1n) is 12.5. The van der Waals surface area contributed by atoms with E-state index in [-0.39, 0.29) is 24.0 Å². The van der Waals surface area contributed by atoms with Gasteiger partial charge in [0.05, 0.1) is 23.7 Å². The molecule has 2 heterocycles. The van der Waals surface area contributed by atoms with Gasteiger partial charge in [-0.05, 0) is 68.5 Å². The molecule has 3 N–H and O–H groups in total. The van der Waals surface area contributed by atoms with E-state index in [1.165, 1.54) is 0 Å². The number of imidazole rings is 1. The number of likely N-dealkylation sites (tertiary alicyclic amines) is 1. The van der Waals surface area contributed by atoms with Gasteiger partial charge in [-0.25, -0.2) is 9.78 Å². The lowest BCUT2D eigenvalue weighted by Crippen LogP contribution is -2.49. The zero-order valence-electron chi connectivity index (χ0n) is 20.7. The molecule has 4 rings (SSSR count). The lowest BCUT2D eigenvalue weighted by Gasteiger charge is -2.33. The Balaban J connectivity index is 1.30. The first kappa shape index (κ1) is 24.6. The molecule has 1 aliphatic heterocycles. The maximum Gasteiger partial charge on any atom is 0.315 e. The monoisotopic (exact) mass is 477 g/mol. The van der Waals surface area contributed by atoms with Crippen molar-refractivity contribution in [3.63, 3.8) is 0 Å². The van der Waals surface area contributed by atoms with Gasteiger partial charge in [0.2, 0.25) is 0 Å². The normalized spacial score (nSPS) is 15.3. The van der Waals surface area contributed by atoms with Gasteiger partial charge in [0, 0.05) is 24.7 Å². The van der Waals surface area contributed by atoms with Crippen LogP contribution in [-0.2, 0) is 0 Å². The van der Waals surface area contributed by atoms with E-state index in [4.69, 9.17) is 4.74 Å². The number of para-hydroxylation sites is 2. The van der Waals surface area contributed by atoms with Crippen molar-refractivity contribution < 1.29 is 14.3 Å². The van der Waals surface area contributed by atoms with Crippen LogP contribution in [0, 0.1) is 5.92 Å². The molecule has 8 nitrogen and oxygen atoms in total. The van der Waals surface area contributed by atoms with Gasteiger partial charge in [-0.3, -0.25) is 4.79 Å². The average Bonchev–Trinajstić information content (AvgIpc) is 3.28. The third kappa shape index (κ3) is 6.32. The van der Waals surface area contributed by atoms with Crippen molar-refractivity contribution in [1.29, 1.82) is 0 Å². The Kier molecular flexibility index (Phi) is 7.90. The summed E-state index contributed by atoms with van der Waals surface area (Å²) in [7, 11) is 0. The number of ether oxygens (including phenoxy) is 1. The molecule has 0 saturated carbocycles. The second-order valence-electron chi connectivity index (χ2n) is 9.46. The van der Waals surface area contributed by atoms with E-state index in [0.29, 0.717) is 31.2 Å². The molecule has 0 aliphatic carbocycles. The Morgan fingerprint density at radius 1 is 1.11 bits per heavy atom. The standard InChI is InChI=1S/C27H35N5O3/c1-4-35-21-11-9-19(10-12-21)26(33)32-15-13-20(14-16-32)28-27(34)31-24(17-18(2)3)25-29-22-7-5-6-8-23(22)30-25/h5-12,18,20,24H,4,13-17H2,1-3H3,(H,29,30)(H2,28,31,34)/t24-/m1/s1. The van der Waals surface area contributed by atoms with E-state index >= 15 is 0 Å². The zero-order valence-corrected chi connectivity index (χ0v) is 20.7. The maximum absolute atomic E-state index is 12.9. The van der Waals surface area contributed by atoms with E-state index in [1.54, 1.807) is 12.1 Å². The minimum Gasteiger partial charge on any atom is -0.494 e. The number of amides is 3. The van der Waals surface area contributed by atoms with Crippen LogP contribution in [0.4, 0.5) is 4.79 Å². The highest BCUT2D eigenvalue weighted by Crippen LogP contribution is 2.22. The fourth-order valence-electron chi connectivity index (χ4n) is 4.50. The topological polar surface area (TPSA) is 99.3 Å². The van der Waals surface area contributed by atoms with Gasteiger partial charge in [0.1, 0.15) is 11.6 Å². The molecular formula is C27H35N5O3. The molecule has 1 saturated heterocycles. The van der Waals surface area contributed by atoms with E-state index in [1.807, 2.05) is 48.2 Å². The van der Waals surface area contributed by atoms with Crippen molar-refractivity contribution in [3.05, 3.63) is 59.9 Å². The zero-order chi connectivity index (χ0) is 24.8. The van der Waals surface area contributed by atoms with Gasteiger partial charge in [-0.1, -0.05) is 26.0 Å². The van der Waals surface area contributed by atoms with Crippen LogP contribution in [-0.4, -0.2) is 52.5 Å². The van der Waals surface area contributed by atoms with Crippen LogP contribution in [0.1, 0.15) is 62.3 Å². The second-order valence-corrected chi connectivity index (χ2v) is 9.46.